The fourth-order valence-corrected chi connectivity index (χ4v) is 3.02. The maximum Gasteiger partial charge on any atom is 0.293 e. The van der Waals surface area contributed by atoms with Crippen LogP contribution in [0.25, 0.3) is 27.9 Å². The molecular formula is C19H13FN8O. The van der Waals surface area contributed by atoms with Crippen LogP contribution in [0.3, 0.4) is 0 Å². The number of nitrogens with zero attached hydrogens (tertiary/aromatic N) is 7. The van der Waals surface area contributed by atoms with Crippen molar-refractivity contribution in [3.8, 4) is 11.4 Å². The van der Waals surface area contributed by atoms with Crippen LogP contribution in [0.5, 0.6) is 0 Å². The molecule has 10 heteroatoms. The Morgan fingerprint density at radius 3 is 2.83 bits per heavy atom. The van der Waals surface area contributed by atoms with Crippen molar-refractivity contribution in [3.05, 3.63) is 71.2 Å². The summed E-state index contributed by atoms with van der Waals surface area (Å²) in [5, 5.41) is 11.8. The standard InChI is InChI=1S/C19H13FN8O/c1-27-10-11(9-22-27)16-25-17-15-12(20)5-4-7-13(15)23-19(28(17)26-16)24-14-6-2-3-8-21-18(14)29/h2-10H,1H3,(H,21,23,24,29). The summed E-state index contributed by atoms with van der Waals surface area (Å²) in [4.78, 5) is 24.9. The van der Waals surface area contributed by atoms with Gasteiger partial charge in [-0.1, -0.05) is 12.1 Å². The van der Waals surface area contributed by atoms with Gasteiger partial charge >= 0.3 is 0 Å². The second-order valence-corrected chi connectivity index (χ2v) is 6.32. The monoisotopic (exact) mass is 388 g/mol. The van der Waals surface area contributed by atoms with Crippen LogP contribution in [0.4, 0.5) is 16.0 Å². The molecule has 29 heavy (non-hydrogen) atoms. The normalized spacial score (nSPS) is 11.2. The van der Waals surface area contributed by atoms with Crippen LogP contribution in [0, 0.1) is 5.82 Å². The van der Waals surface area contributed by atoms with Crippen LogP contribution in [0.15, 0.2) is 59.8 Å². The van der Waals surface area contributed by atoms with Crippen molar-refractivity contribution in [3.63, 3.8) is 0 Å². The molecule has 1 N–H and O–H groups in total. The third-order valence-corrected chi connectivity index (χ3v) is 4.34. The van der Waals surface area contributed by atoms with E-state index >= 15 is 0 Å². The van der Waals surface area contributed by atoms with E-state index in [1.807, 2.05) is 0 Å². The van der Waals surface area contributed by atoms with Crippen molar-refractivity contribution < 1.29 is 4.39 Å². The fraction of sp³-hybridized carbons (Fsp3) is 0.0526. The van der Waals surface area contributed by atoms with Crippen molar-refractivity contribution in [1.82, 2.24) is 34.3 Å². The highest BCUT2D eigenvalue weighted by atomic mass is 19.1. The number of hydrogen-bond donors (Lipinski definition) is 1. The van der Waals surface area contributed by atoms with Gasteiger partial charge in [0.2, 0.25) is 5.95 Å². The third-order valence-electron chi connectivity index (χ3n) is 4.34. The molecule has 0 saturated heterocycles. The average molecular weight is 388 g/mol. The first kappa shape index (κ1) is 16.9. The summed E-state index contributed by atoms with van der Waals surface area (Å²) in [7, 11) is 1.78. The van der Waals surface area contributed by atoms with Crippen LogP contribution >= 0.6 is 0 Å². The number of rotatable bonds is 3. The van der Waals surface area contributed by atoms with Crippen LogP contribution in [-0.4, -0.2) is 34.3 Å². The first-order valence-corrected chi connectivity index (χ1v) is 8.66. The van der Waals surface area contributed by atoms with E-state index in [-0.39, 0.29) is 22.7 Å². The van der Waals surface area contributed by atoms with Crippen LogP contribution in [0.1, 0.15) is 0 Å². The highest BCUT2D eigenvalue weighted by molar-refractivity contribution is 5.93. The second-order valence-electron chi connectivity index (χ2n) is 6.32. The molecule has 0 aliphatic carbocycles. The van der Waals surface area contributed by atoms with E-state index in [1.165, 1.54) is 16.8 Å². The van der Waals surface area contributed by atoms with Crippen molar-refractivity contribution >= 4 is 28.2 Å². The fourth-order valence-electron chi connectivity index (χ4n) is 3.02. The van der Waals surface area contributed by atoms with Crippen LogP contribution in [0.2, 0.25) is 0 Å². The molecule has 0 spiro atoms. The molecule has 0 saturated carbocycles. The topological polar surface area (TPSA) is 103 Å². The van der Waals surface area contributed by atoms with E-state index in [9.17, 15) is 9.18 Å². The first-order valence-electron chi connectivity index (χ1n) is 8.66. The zero-order chi connectivity index (χ0) is 20.0. The van der Waals surface area contributed by atoms with E-state index in [2.05, 4.69) is 30.5 Å². The summed E-state index contributed by atoms with van der Waals surface area (Å²) in [6.45, 7) is 0. The minimum atomic E-state index is -0.464. The van der Waals surface area contributed by atoms with Crippen LogP contribution < -0.4 is 10.9 Å². The molecule has 0 aliphatic rings. The average Bonchev–Trinajstić information content (AvgIpc) is 3.28. The summed E-state index contributed by atoms with van der Waals surface area (Å²) >= 11 is 0. The van der Waals surface area contributed by atoms with Gasteiger partial charge in [-0.05, 0) is 24.3 Å². The van der Waals surface area contributed by atoms with E-state index < -0.39 is 11.4 Å². The minimum absolute atomic E-state index is 0.206. The number of anilines is 2. The van der Waals surface area contributed by atoms with E-state index in [1.54, 1.807) is 54.5 Å². The van der Waals surface area contributed by atoms with Crippen molar-refractivity contribution in [2.24, 2.45) is 7.05 Å². The molecule has 0 aliphatic heterocycles. The van der Waals surface area contributed by atoms with Gasteiger partial charge in [0.25, 0.3) is 5.56 Å². The lowest BCUT2D eigenvalue weighted by Gasteiger charge is -2.08. The van der Waals surface area contributed by atoms with Crippen molar-refractivity contribution in [2.75, 3.05) is 5.32 Å². The van der Waals surface area contributed by atoms with Gasteiger partial charge in [0.15, 0.2) is 11.5 Å². The van der Waals surface area contributed by atoms with Gasteiger partial charge in [-0.25, -0.2) is 19.3 Å². The summed E-state index contributed by atoms with van der Waals surface area (Å²) in [5.74, 6) is 0.109. The highest BCUT2D eigenvalue weighted by Crippen LogP contribution is 2.26. The molecule has 0 bridgehead atoms. The maximum atomic E-state index is 14.6. The summed E-state index contributed by atoms with van der Waals surface area (Å²) < 4.78 is 17.6. The number of halogens is 1. The molecule has 0 fully saturated rings. The lowest BCUT2D eigenvalue weighted by molar-refractivity contribution is 0.639. The zero-order valence-electron chi connectivity index (χ0n) is 15.1. The van der Waals surface area contributed by atoms with Gasteiger partial charge in [0.1, 0.15) is 11.5 Å². The Labute approximate surface area is 162 Å². The largest absolute Gasteiger partial charge is 0.319 e. The summed E-state index contributed by atoms with van der Waals surface area (Å²) in [5.41, 5.74) is 1.07. The Morgan fingerprint density at radius 2 is 2.00 bits per heavy atom. The molecule has 0 amide bonds. The van der Waals surface area contributed by atoms with E-state index in [0.717, 1.165) is 0 Å². The molecule has 0 radical (unpaired) electrons. The number of fused-ring (bicyclic) bond motifs is 3. The van der Waals surface area contributed by atoms with Gasteiger partial charge in [-0.2, -0.15) is 9.61 Å². The lowest BCUT2D eigenvalue weighted by Crippen LogP contribution is -2.11. The molecular weight excluding hydrogens is 375 g/mol. The SMILES string of the molecule is Cn1cc(-c2nc3c4c(F)cccc4nc(Nc4ccccnc4=O)n3n2)cn1. The van der Waals surface area contributed by atoms with Gasteiger partial charge in [-0.15, -0.1) is 5.10 Å². The molecule has 0 atom stereocenters. The van der Waals surface area contributed by atoms with Gasteiger partial charge in [0, 0.05) is 19.4 Å². The third kappa shape index (κ3) is 2.87. The molecule has 4 aromatic heterocycles. The number of nitrogens with one attached hydrogen (secondary N) is 1. The predicted molar refractivity (Wildman–Crippen MR) is 104 cm³/mol. The molecule has 1 aromatic carbocycles. The zero-order valence-corrected chi connectivity index (χ0v) is 15.1. The molecule has 142 valence electrons. The summed E-state index contributed by atoms with van der Waals surface area (Å²) in [6, 6.07) is 9.47. The maximum absolute atomic E-state index is 14.6. The lowest BCUT2D eigenvalue weighted by atomic mass is 10.2. The Bertz CT molecular complexity index is 1440. The number of aryl methyl sites for hydroxylation is 1. The van der Waals surface area contributed by atoms with Crippen LogP contribution in [-0.2, 0) is 7.05 Å². The Balaban J connectivity index is 1.79. The highest BCUT2D eigenvalue weighted by Gasteiger charge is 2.18. The van der Waals surface area contributed by atoms with Gasteiger partial charge in [-0.3, -0.25) is 9.48 Å². The van der Waals surface area contributed by atoms with Crippen molar-refractivity contribution in [2.45, 2.75) is 0 Å². The van der Waals surface area contributed by atoms with Gasteiger partial charge < -0.3 is 5.32 Å². The molecule has 5 aromatic rings. The minimum Gasteiger partial charge on any atom is -0.319 e. The van der Waals surface area contributed by atoms with Gasteiger partial charge in [0.05, 0.1) is 22.7 Å². The quantitative estimate of drug-likeness (QED) is 0.506. The van der Waals surface area contributed by atoms with E-state index in [0.29, 0.717) is 16.9 Å². The number of aromatic nitrogens is 7. The Kier molecular flexibility index (Phi) is 3.76. The number of benzene rings is 1. The van der Waals surface area contributed by atoms with E-state index in [4.69, 9.17) is 0 Å². The predicted octanol–water partition coefficient (Wildman–Crippen LogP) is 2.32. The second kappa shape index (κ2) is 6.44. The smallest absolute Gasteiger partial charge is 0.293 e. The molecule has 5 rings (SSSR count). The number of hydrogen-bond acceptors (Lipinski definition) is 7. The van der Waals surface area contributed by atoms with Crippen molar-refractivity contribution in [1.29, 1.82) is 0 Å². The molecule has 4 heterocycles. The first-order chi connectivity index (χ1) is 14.1. The Hall–Kier alpha value is -4.21. The Morgan fingerprint density at radius 1 is 1.10 bits per heavy atom. The summed E-state index contributed by atoms with van der Waals surface area (Å²) in [6.07, 6.45) is 4.78. The molecule has 9 nitrogen and oxygen atoms in total. The molecule has 0 unspecified atom stereocenters.